The molecule has 1 N–H and O–H groups in total. The second-order valence-corrected chi connectivity index (χ2v) is 7.70. The summed E-state index contributed by atoms with van der Waals surface area (Å²) in [5, 5.41) is 2.46. The Bertz CT molecular complexity index is 914. The molecule has 0 spiro atoms. The summed E-state index contributed by atoms with van der Waals surface area (Å²) in [6.45, 7) is 3.03. The largest absolute Gasteiger partial charge is 0.416 e. The molecule has 2 aromatic rings. The zero-order valence-electron chi connectivity index (χ0n) is 19.2. The summed E-state index contributed by atoms with van der Waals surface area (Å²) in [5.41, 5.74) is 0.0841. The number of carbonyl (C=O) groups excluding carboxylic acids is 2. The van der Waals surface area contributed by atoms with Crippen LogP contribution in [-0.2, 0) is 29.3 Å². The zero-order valence-corrected chi connectivity index (χ0v) is 19.2. The van der Waals surface area contributed by atoms with Gasteiger partial charge in [-0.1, -0.05) is 19.4 Å². The summed E-state index contributed by atoms with van der Waals surface area (Å²) in [6.07, 6.45) is -0.917. The van der Waals surface area contributed by atoms with Crippen LogP contribution in [0.5, 0.6) is 0 Å². The maximum Gasteiger partial charge on any atom is 0.416 e. The number of halogens is 3. The van der Waals surface area contributed by atoms with Gasteiger partial charge in [-0.3, -0.25) is 4.79 Å². The van der Waals surface area contributed by atoms with Gasteiger partial charge in [0.2, 0.25) is 5.91 Å². The molecule has 2 rings (SSSR count). The molecular weight excluding hydrogens is 437 g/mol. The van der Waals surface area contributed by atoms with Crippen molar-refractivity contribution in [3.05, 3.63) is 53.9 Å². The summed E-state index contributed by atoms with van der Waals surface area (Å²) in [4.78, 5) is 28.9. The molecule has 10 heteroatoms. The summed E-state index contributed by atoms with van der Waals surface area (Å²) < 4.78 is 45.9. The Morgan fingerprint density at radius 2 is 1.88 bits per heavy atom. The van der Waals surface area contributed by atoms with E-state index in [0.29, 0.717) is 13.1 Å². The second-order valence-electron chi connectivity index (χ2n) is 7.70. The van der Waals surface area contributed by atoms with Gasteiger partial charge in [-0.25, -0.2) is 4.79 Å². The topological polar surface area (TPSA) is 66.8 Å². The molecule has 0 aliphatic rings. The number of hydrogen-bond acceptors (Lipinski definition) is 3. The molecule has 33 heavy (non-hydrogen) atoms. The van der Waals surface area contributed by atoms with Crippen LogP contribution in [0.3, 0.4) is 0 Å². The third kappa shape index (κ3) is 8.12. The Hall–Kier alpha value is -3.01. The van der Waals surface area contributed by atoms with E-state index < -0.39 is 17.8 Å². The van der Waals surface area contributed by atoms with Gasteiger partial charge in [-0.2, -0.15) is 13.2 Å². The second kappa shape index (κ2) is 12.3. The van der Waals surface area contributed by atoms with Gasteiger partial charge in [-0.05, 0) is 36.8 Å². The van der Waals surface area contributed by atoms with E-state index in [9.17, 15) is 22.8 Å². The first-order valence-electron chi connectivity index (χ1n) is 10.8. The van der Waals surface area contributed by atoms with Crippen molar-refractivity contribution in [3.8, 4) is 0 Å². The molecule has 1 aromatic carbocycles. The maximum atomic E-state index is 13.1. The van der Waals surface area contributed by atoms with Gasteiger partial charge in [-0.15, -0.1) is 0 Å². The van der Waals surface area contributed by atoms with Crippen molar-refractivity contribution in [1.82, 2.24) is 14.4 Å². The number of unbranched alkanes of at least 4 members (excludes halogenated alkanes) is 1. The number of nitrogens with one attached hydrogen (secondary N) is 1. The number of aromatic nitrogens is 1. The zero-order chi connectivity index (χ0) is 24.4. The van der Waals surface area contributed by atoms with E-state index in [1.54, 1.807) is 4.90 Å². The van der Waals surface area contributed by atoms with E-state index in [1.165, 1.54) is 24.1 Å². The fourth-order valence-corrected chi connectivity index (χ4v) is 3.19. The highest BCUT2D eigenvalue weighted by molar-refractivity contribution is 5.92. The third-order valence-corrected chi connectivity index (χ3v) is 5.16. The fourth-order valence-electron chi connectivity index (χ4n) is 3.19. The molecule has 0 fully saturated rings. The van der Waals surface area contributed by atoms with Gasteiger partial charge < -0.3 is 24.4 Å². The smallest absolute Gasteiger partial charge is 0.383 e. The van der Waals surface area contributed by atoms with Crippen LogP contribution in [0.4, 0.5) is 23.7 Å². The number of benzene rings is 1. The van der Waals surface area contributed by atoms with Crippen molar-refractivity contribution in [1.29, 1.82) is 0 Å². The lowest BCUT2D eigenvalue weighted by atomic mass is 10.2. The van der Waals surface area contributed by atoms with E-state index in [1.807, 2.05) is 36.9 Å². The molecule has 0 aliphatic carbocycles. The number of hydrogen-bond donors (Lipinski definition) is 1. The minimum Gasteiger partial charge on any atom is -0.383 e. The number of anilines is 1. The molecular formula is C23H31F3N4O3. The van der Waals surface area contributed by atoms with Crippen molar-refractivity contribution < 1.29 is 27.5 Å². The third-order valence-electron chi connectivity index (χ3n) is 5.16. The highest BCUT2D eigenvalue weighted by Gasteiger charge is 2.30. The molecule has 0 saturated carbocycles. The SMILES string of the molecule is CCCCN(Cc1cccn1C)C(=O)CN(CCOC)C(=O)Nc1cccc(C(F)(F)F)c1. The standard InChI is InChI=1S/C23H31F3N4O3/c1-4-5-12-29(16-20-10-7-11-28(20)2)21(31)17-30(13-14-33-3)22(32)27-19-9-6-8-18(15-19)23(24,25)26/h6-11,15H,4-5,12-14,16-17H2,1-3H3,(H,27,32). The molecule has 182 valence electrons. The van der Waals surface area contributed by atoms with Crippen LogP contribution in [0.1, 0.15) is 31.0 Å². The predicted molar refractivity (Wildman–Crippen MR) is 120 cm³/mol. The summed E-state index contributed by atoms with van der Waals surface area (Å²) in [7, 11) is 3.36. The van der Waals surface area contributed by atoms with Crippen molar-refractivity contribution >= 4 is 17.6 Å². The number of alkyl halides is 3. The Balaban J connectivity index is 2.14. The van der Waals surface area contributed by atoms with Gasteiger partial charge in [0.1, 0.15) is 6.54 Å². The fraction of sp³-hybridized carbons (Fsp3) is 0.478. The molecule has 0 atom stereocenters. The van der Waals surface area contributed by atoms with Crippen LogP contribution in [0, 0.1) is 0 Å². The summed E-state index contributed by atoms with van der Waals surface area (Å²) in [6, 6.07) is 7.52. The Kier molecular flexibility index (Phi) is 9.77. The van der Waals surface area contributed by atoms with E-state index in [-0.39, 0.29) is 31.3 Å². The minimum absolute atomic E-state index is 0.00339. The molecule has 0 saturated heterocycles. The first-order valence-corrected chi connectivity index (χ1v) is 10.8. The molecule has 1 heterocycles. The van der Waals surface area contributed by atoms with Crippen molar-refractivity contribution in [2.24, 2.45) is 7.05 Å². The molecule has 3 amide bonds. The molecule has 0 aliphatic heterocycles. The Labute approximate surface area is 192 Å². The quantitative estimate of drug-likeness (QED) is 0.533. The van der Waals surface area contributed by atoms with Gasteiger partial charge >= 0.3 is 12.2 Å². The lowest BCUT2D eigenvalue weighted by Crippen LogP contribution is -2.45. The number of methoxy groups -OCH3 is 1. The van der Waals surface area contributed by atoms with Crippen LogP contribution in [-0.4, -0.2) is 59.7 Å². The summed E-state index contributed by atoms with van der Waals surface area (Å²) >= 11 is 0. The minimum atomic E-state index is -4.52. The first kappa shape index (κ1) is 26.2. The van der Waals surface area contributed by atoms with Gasteiger partial charge in [0.05, 0.1) is 18.7 Å². The Morgan fingerprint density at radius 3 is 2.48 bits per heavy atom. The lowest BCUT2D eigenvalue weighted by molar-refractivity contribution is -0.137. The van der Waals surface area contributed by atoms with E-state index in [0.717, 1.165) is 30.7 Å². The van der Waals surface area contributed by atoms with Crippen LogP contribution >= 0.6 is 0 Å². The average Bonchev–Trinajstić information content (AvgIpc) is 3.17. The Morgan fingerprint density at radius 1 is 1.12 bits per heavy atom. The summed E-state index contributed by atoms with van der Waals surface area (Å²) in [5.74, 6) is -0.250. The number of nitrogens with zero attached hydrogens (tertiary/aromatic N) is 3. The van der Waals surface area contributed by atoms with Crippen molar-refractivity contribution in [2.75, 3.05) is 38.7 Å². The maximum absolute atomic E-state index is 13.1. The van der Waals surface area contributed by atoms with E-state index in [2.05, 4.69) is 5.32 Å². The van der Waals surface area contributed by atoms with Crippen LogP contribution < -0.4 is 5.32 Å². The van der Waals surface area contributed by atoms with Gasteiger partial charge in [0.25, 0.3) is 0 Å². The molecule has 0 unspecified atom stereocenters. The number of rotatable bonds is 11. The highest BCUT2D eigenvalue weighted by Crippen LogP contribution is 2.30. The first-order chi connectivity index (χ1) is 15.7. The molecule has 0 radical (unpaired) electrons. The predicted octanol–water partition coefficient (Wildman–Crippen LogP) is 4.35. The molecule has 7 nitrogen and oxygen atoms in total. The molecule has 0 bridgehead atoms. The highest BCUT2D eigenvalue weighted by atomic mass is 19.4. The van der Waals surface area contributed by atoms with E-state index in [4.69, 9.17) is 4.74 Å². The lowest BCUT2D eigenvalue weighted by Gasteiger charge is -2.28. The van der Waals surface area contributed by atoms with Crippen LogP contribution in [0.25, 0.3) is 0 Å². The normalized spacial score (nSPS) is 11.3. The average molecular weight is 469 g/mol. The number of aryl methyl sites for hydroxylation is 1. The van der Waals surface area contributed by atoms with Crippen LogP contribution in [0.2, 0.25) is 0 Å². The van der Waals surface area contributed by atoms with Crippen molar-refractivity contribution in [3.63, 3.8) is 0 Å². The van der Waals surface area contributed by atoms with Crippen LogP contribution in [0.15, 0.2) is 42.6 Å². The number of urea groups is 1. The number of amides is 3. The molecule has 1 aromatic heterocycles. The van der Waals surface area contributed by atoms with Gasteiger partial charge in [0, 0.05) is 44.8 Å². The number of carbonyl (C=O) groups is 2. The number of ether oxygens (including phenoxy) is 1. The van der Waals surface area contributed by atoms with Gasteiger partial charge in [0.15, 0.2) is 0 Å². The van der Waals surface area contributed by atoms with E-state index >= 15 is 0 Å². The van der Waals surface area contributed by atoms with Crippen molar-refractivity contribution in [2.45, 2.75) is 32.5 Å². The monoisotopic (exact) mass is 468 g/mol.